The Balaban J connectivity index is 1.92. The molecule has 2 aliphatic heterocycles. The summed E-state index contributed by atoms with van der Waals surface area (Å²) < 4.78 is 5.08. The van der Waals surface area contributed by atoms with Crippen molar-refractivity contribution in [2.45, 2.75) is 13.0 Å². The first kappa shape index (κ1) is 15.6. The van der Waals surface area contributed by atoms with Crippen LogP contribution >= 0.6 is 11.8 Å². The monoisotopic (exact) mass is 301 g/mol. The predicted molar refractivity (Wildman–Crippen MR) is 78.8 cm³/mol. The van der Waals surface area contributed by atoms with Crippen molar-refractivity contribution < 1.29 is 14.3 Å². The molecule has 2 aliphatic rings. The second-order valence-electron chi connectivity index (χ2n) is 4.96. The molecule has 0 aromatic rings. The summed E-state index contributed by atoms with van der Waals surface area (Å²) in [6.07, 6.45) is 0. The van der Waals surface area contributed by atoms with E-state index in [1.54, 1.807) is 23.6 Å². The van der Waals surface area contributed by atoms with Gasteiger partial charge < -0.3 is 15.0 Å². The van der Waals surface area contributed by atoms with Crippen LogP contribution in [0.1, 0.15) is 6.92 Å². The van der Waals surface area contributed by atoms with Gasteiger partial charge in [-0.25, -0.2) is 4.79 Å². The second-order valence-corrected chi connectivity index (χ2v) is 6.11. The van der Waals surface area contributed by atoms with Crippen LogP contribution in [0.3, 0.4) is 0 Å². The lowest BCUT2D eigenvalue weighted by Gasteiger charge is -2.36. The summed E-state index contributed by atoms with van der Waals surface area (Å²) in [5.41, 5.74) is 0. The number of thioether (sulfide) groups is 1. The molecule has 6 nitrogen and oxygen atoms in total. The van der Waals surface area contributed by atoms with Crippen LogP contribution in [-0.4, -0.2) is 85.1 Å². The van der Waals surface area contributed by atoms with Crippen LogP contribution < -0.4 is 5.32 Å². The Morgan fingerprint density at radius 2 is 2.05 bits per heavy atom. The SMILES string of the molecule is CCOC(=O)C1CSCCN1C(=O)CN1CCNCC1. The molecule has 1 amide bonds. The van der Waals surface area contributed by atoms with Crippen molar-refractivity contribution in [2.75, 3.05) is 57.4 Å². The Labute approximate surface area is 124 Å². The highest BCUT2D eigenvalue weighted by atomic mass is 32.2. The summed E-state index contributed by atoms with van der Waals surface area (Å²) in [5.74, 6) is 1.31. The van der Waals surface area contributed by atoms with Crippen molar-refractivity contribution in [3.63, 3.8) is 0 Å². The molecule has 0 spiro atoms. The van der Waals surface area contributed by atoms with Gasteiger partial charge in [-0.2, -0.15) is 11.8 Å². The maximum atomic E-state index is 12.4. The number of hydrogen-bond donors (Lipinski definition) is 1. The minimum atomic E-state index is -0.413. The first-order chi connectivity index (χ1) is 9.72. The minimum absolute atomic E-state index is 0.0465. The predicted octanol–water partition coefficient (Wildman–Crippen LogP) is -0.601. The van der Waals surface area contributed by atoms with Gasteiger partial charge in [-0.3, -0.25) is 9.69 Å². The average molecular weight is 301 g/mol. The zero-order valence-corrected chi connectivity index (χ0v) is 12.8. The third-order valence-electron chi connectivity index (χ3n) is 3.58. The molecule has 0 saturated carbocycles. The highest BCUT2D eigenvalue weighted by Gasteiger charge is 2.34. The van der Waals surface area contributed by atoms with Gasteiger partial charge >= 0.3 is 5.97 Å². The van der Waals surface area contributed by atoms with E-state index in [-0.39, 0.29) is 11.9 Å². The normalized spacial score (nSPS) is 24.4. The van der Waals surface area contributed by atoms with E-state index in [9.17, 15) is 9.59 Å². The average Bonchev–Trinajstić information content (AvgIpc) is 2.48. The van der Waals surface area contributed by atoms with E-state index in [0.717, 1.165) is 31.9 Å². The number of piperazine rings is 1. The van der Waals surface area contributed by atoms with E-state index in [0.29, 0.717) is 25.4 Å². The van der Waals surface area contributed by atoms with Gasteiger partial charge in [0.25, 0.3) is 0 Å². The minimum Gasteiger partial charge on any atom is -0.464 e. The molecular formula is C13H23N3O3S. The molecule has 0 radical (unpaired) electrons. The van der Waals surface area contributed by atoms with Gasteiger partial charge in [0.2, 0.25) is 5.91 Å². The van der Waals surface area contributed by atoms with Crippen LogP contribution in [0.4, 0.5) is 0 Å². The molecule has 1 N–H and O–H groups in total. The molecule has 114 valence electrons. The molecule has 0 bridgehead atoms. The smallest absolute Gasteiger partial charge is 0.329 e. The first-order valence-electron chi connectivity index (χ1n) is 7.19. The van der Waals surface area contributed by atoms with Crippen LogP contribution in [-0.2, 0) is 14.3 Å². The fourth-order valence-corrected chi connectivity index (χ4v) is 3.52. The second kappa shape index (κ2) is 7.85. The summed E-state index contributed by atoms with van der Waals surface area (Å²) in [5, 5.41) is 3.27. The molecule has 1 unspecified atom stereocenters. The van der Waals surface area contributed by atoms with Gasteiger partial charge in [0.05, 0.1) is 13.2 Å². The van der Waals surface area contributed by atoms with Gasteiger partial charge in [-0.05, 0) is 6.92 Å². The van der Waals surface area contributed by atoms with Crippen LogP contribution in [0.15, 0.2) is 0 Å². The fourth-order valence-electron chi connectivity index (χ4n) is 2.49. The van der Waals surface area contributed by atoms with Crippen LogP contribution in [0.25, 0.3) is 0 Å². The van der Waals surface area contributed by atoms with Crippen molar-refractivity contribution in [3.05, 3.63) is 0 Å². The topological polar surface area (TPSA) is 61.9 Å². The van der Waals surface area contributed by atoms with Crippen LogP contribution in [0.2, 0.25) is 0 Å². The van der Waals surface area contributed by atoms with Crippen molar-refractivity contribution in [2.24, 2.45) is 0 Å². The van der Waals surface area contributed by atoms with E-state index < -0.39 is 6.04 Å². The highest BCUT2D eigenvalue weighted by molar-refractivity contribution is 7.99. The molecule has 2 saturated heterocycles. The maximum absolute atomic E-state index is 12.4. The zero-order chi connectivity index (χ0) is 14.4. The number of ether oxygens (including phenoxy) is 1. The Morgan fingerprint density at radius 3 is 2.75 bits per heavy atom. The Hall–Kier alpha value is -0.790. The lowest BCUT2D eigenvalue weighted by Crippen LogP contribution is -2.55. The number of nitrogens with zero attached hydrogens (tertiary/aromatic N) is 2. The van der Waals surface area contributed by atoms with Crippen molar-refractivity contribution in [1.29, 1.82) is 0 Å². The number of carbonyl (C=O) groups excluding carboxylic acids is 2. The van der Waals surface area contributed by atoms with E-state index >= 15 is 0 Å². The van der Waals surface area contributed by atoms with Gasteiger partial charge in [0.1, 0.15) is 6.04 Å². The maximum Gasteiger partial charge on any atom is 0.329 e. The largest absolute Gasteiger partial charge is 0.464 e. The van der Waals surface area contributed by atoms with Gasteiger partial charge in [0.15, 0.2) is 0 Å². The molecule has 2 fully saturated rings. The van der Waals surface area contributed by atoms with Crippen LogP contribution in [0.5, 0.6) is 0 Å². The lowest BCUT2D eigenvalue weighted by molar-refractivity contribution is -0.154. The molecule has 0 aromatic heterocycles. The molecule has 1 atom stereocenters. The van der Waals surface area contributed by atoms with Crippen molar-refractivity contribution >= 4 is 23.6 Å². The van der Waals surface area contributed by atoms with E-state index in [2.05, 4.69) is 10.2 Å². The molecular weight excluding hydrogens is 278 g/mol. The lowest BCUT2D eigenvalue weighted by atomic mass is 10.2. The number of carbonyl (C=O) groups is 2. The molecule has 20 heavy (non-hydrogen) atoms. The fraction of sp³-hybridized carbons (Fsp3) is 0.846. The first-order valence-corrected chi connectivity index (χ1v) is 8.34. The summed E-state index contributed by atoms with van der Waals surface area (Å²) in [6.45, 7) is 6.81. The number of nitrogens with one attached hydrogen (secondary N) is 1. The Kier molecular flexibility index (Phi) is 6.12. The van der Waals surface area contributed by atoms with Gasteiger partial charge in [-0.1, -0.05) is 0 Å². The molecule has 0 aliphatic carbocycles. The van der Waals surface area contributed by atoms with E-state index in [1.165, 1.54) is 0 Å². The van der Waals surface area contributed by atoms with Crippen LogP contribution in [0, 0.1) is 0 Å². The summed E-state index contributed by atoms with van der Waals surface area (Å²) >= 11 is 1.71. The number of rotatable bonds is 4. The molecule has 2 heterocycles. The summed E-state index contributed by atoms with van der Waals surface area (Å²) in [7, 11) is 0. The van der Waals surface area contributed by atoms with Crippen molar-refractivity contribution in [1.82, 2.24) is 15.1 Å². The number of hydrogen-bond acceptors (Lipinski definition) is 6. The third-order valence-corrected chi connectivity index (χ3v) is 4.60. The summed E-state index contributed by atoms with van der Waals surface area (Å²) in [4.78, 5) is 28.2. The standard InChI is InChI=1S/C13H23N3O3S/c1-2-19-13(18)11-10-20-8-7-16(11)12(17)9-15-5-3-14-4-6-15/h11,14H,2-10H2,1H3. The highest BCUT2D eigenvalue weighted by Crippen LogP contribution is 2.18. The number of amides is 1. The Bertz CT molecular complexity index is 348. The van der Waals surface area contributed by atoms with Gasteiger partial charge in [-0.15, -0.1) is 0 Å². The number of esters is 1. The molecule has 0 aromatic carbocycles. The van der Waals surface area contributed by atoms with E-state index in [1.807, 2.05) is 0 Å². The van der Waals surface area contributed by atoms with Crippen molar-refractivity contribution in [3.8, 4) is 0 Å². The molecule has 7 heteroatoms. The summed E-state index contributed by atoms with van der Waals surface area (Å²) in [6, 6.07) is -0.413. The van der Waals surface area contributed by atoms with Gasteiger partial charge in [0, 0.05) is 44.2 Å². The third kappa shape index (κ3) is 4.10. The quantitative estimate of drug-likeness (QED) is 0.700. The Morgan fingerprint density at radius 1 is 1.30 bits per heavy atom. The zero-order valence-electron chi connectivity index (χ0n) is 12.0. The molecule has 2 rings (SSSR count). The van der Waals surface area contributed by atoms with E-state index in [4.69, 9.17) is 4.74 Å².